The summed E-state index contributed by atoms with van der Waals surface area (Å²) in [4.78, 5) is 17.9. The van der Waals surface area contributed by atoms with Crippen molar-refractivity contribution < 1.29 is 19.1 Å². The minimum absolute atomic E-state index is 0.187. The number of carbonyl (C=O) groups is 1. The fraction of sp³-hybridized carbons (Fsp3) is 0.667. The summed E-state index contributed by atoms with van der Waals surface area (Å²) < 4.78 is 12.5. The summed E-state index contributed by atoms with van der Waals surface area (Å²) in [7, 11) is 0. The quantitative estimate of drug-likeness (QED) is 0.623. The van der Waals surface area contributed by atoms with Crippen molar-refractivity contribution in [3.05, 3.63) is 29.0 Å². The first kappa shape index (κ1) is 23.6. The van der Waals surface area contributed by atoms with E-state index >= 15 is 0 Å². The molecule has 7 nitrogen and oxygen atoms in total. The highest BCUT2D eigenvalue weighted by molar-refractivity contribution is 6.00. The Morgan fingerprint density at radius 2 is 1.88 bits per heavy atom. The van der Waals surface area contributed by atoms with Gasteiger partial charge in [-0.15, -0.1) is 0 Å². The Labute approximate surface area is 202 Å². The van der Waals surface area contributed by atoms with Crippen LogP contribution in [0.25, 0.3) is 11.0 Å². The van der Waals surface area contributed by atoms with Gasteiger partial charge in [0.15, 0.2) is 5.76 Å². The highest BCUT2D eigenvalue weighted by Crippen LogP contribution is 2.49. The molecule has 1 aliphatic carbocycles. The zero-order valence-corrected chi connectivity index (χ0v) is 20.7. The Balaban J connectivity index is 1.24. The van der Waals surface area contributed by atoms with Gasteiger partial charge in [0.1, 0.15) is 16.9 Å². The van der Waals surface area contributed by atoms with Gasteiger partial charge in [-0.05, 0) is 64.3 Å². The highest BCUT2D eigenvalue weighted by atomic mass is 16.5. The van der Waals surface area contributed by atoms with E-state index in [1.54, 1.807) is 0 Å². The molecule has 0 bridgehead atoms. The van der Waals surface area contributed by atoms with Gasteiger partial charge in [-0.25, -0.2) is 0 Å². The molecule has 2 N–H and O–H groups in total. The SMILES string of the molecule is CCN1CCN(CCCNC(=O)c2oc3ccc4c(c3c2C)C(O)CC2(CCCCC2)O4)CC1. The normalized spacial score (nSPS) is 23.1. The van der Waals surface area contributed by atoms with E-state index in [0.29, 0.717) is 24.3 Å². The van der Waals surface area contributed by atoms with Crippen molar-refractivity contribution in [1.29, 1.82) is 0 Å². The van der Waals surface area contributed by atoms with E-state index in [4.69, 9.17) is 9.15 Å². The number of hydrogen-bond donors (Lipinski definition) is 2. The number of nitrogens with zero attached hydrogens (tertiary/aromatic N) is 2. The fourth-order valence-electron chi connectivity index (χ4n) is 6.13. The summed E-state index contributed by atoms with van der Waals surface area (Å²) in [6, 6.07) is 3.78. The van der Waals surface area contributed by atoms with Gasteiger partial charge in [0, 0.05) is 55.7 Å². The first-order valence-corrected chi connectivity index (χ1v) is 13.2. The van der Waals surface area contributed by atoms with Gasteiger partial charge < -0.3 is 29.4 Å². The topological polar surface area (TPSA) is 78.2 Å². The van der Waals surface area contributed by atoms with Gasteiger partial charge in [-0.3, -0.25) is 4.79 Å². The average molecular weight is 470 g/mol. The molecule has 1 spiro atoms. The van der Waals surface area contributed by atoms with Crippen molar-refractivity contribution in [3.63, 3.8) is 0 Å². The van der Waals surface area contributed by atoms with E-state index in [1.807, 2.05) is 19.1 Å². The molecule has 0 radical (unpaired) electrons. The van der Waals surface area contributed by atoms with Crippen LogP contribution >= 0.6 is 0 Å². The molecule has 2 aromatic rings. The van der Waals surface area contributed by atoms with Gasteiger partial charge in [0.05, 0.1) is 6.10 Å². The number of furan rings is 1. The maximum absolute atomic E-state index is 12.9. The third-order valence-corrected chi connectivity index (χ3v) is 8.14. The Hall–Kier alpha value is -2.09. The molecule has 7 heteroatoms. The predicted molar refractivity (Wildman–Crippen MR) is 132 cm³/mol. The van der Waals surface area contributed by atoms with Gasteiger partial charge in [-0.2, -0.15) is 0 Å². The molecular weight excluding hydrogens is 430 g/mol. The van der Waals surface area contributed by atoms with Crippen molar-refractivity contribution in [3.8, 4) is 5.75 Å². The molecule has 34 heavy (non-hydrogen) atoms. The molecule has 1 aromatic carbocycles. The zero-order valence-electron chi connectivity index (χ0n) is 20.7. The lowest BCUT2D eigenvalue weighted by atomic mass is 9.77. The summed E-state index contributed by atoms with van der Waals surface area (Å²) >= 11 is 0. The number of benzene rings is 1. The molecule has 5 rings (SSSR count). The van der Waals surface area contributed by atoms with E-state index in [0.717, 1.165) is 93.6 Å². The number of aliphatic hydroxyl groups is 1. The summed E-state index contributed by atoms with van der Waals surface area (Å²) in [6.45, 7) is 11.3. The van der Waals surface area contributed by atoms with Crippen LogP contribution in [0.1, 0.15) is 79.7 Å². The number of nitrogens with one attached hydrogen (secondary N) is 1. The number of carbonyl (C=O) groups excluding carboxylic acids is 1. The van der Waals surface area contributed by atoms with Gasteiger partial charge in [0.25, 0.3) is 5.91 Å². The van der Waals surface area contributed by atoms with Crippen molar-refractivity contribution >= 4 is 16.9 Å². The van der Waals surface area contributed by atoms with E-state index < -0.39 is 6.10 Å². The largest absolute Gasteiger partial charge is 0.487 e. The van der Waals surface area contributed by atoms with Crippen LogP contribution < -0.4 is 10.1 Å². The van der Waals surface area contributed by atoms with Crippen LogP contribution in [-0.4, -0.2) is 72.2 Å². The minimum atomic E-state index is -0.606. The molecule has 2 aliphatic heterocycles. The molecular formula is C27H39N3O4. The van der Waals surface area contributed by atoms with Gasteiger partial charge in [0.2, 0.25) is 0 Å². The van der Waals surface area contributed by atoms with Crippen LogP contribution in [-0.2, 0) is 0 Å². The predicted octanol–water partition coefficient (Wildman–Crippen LogP) is 4.02. The Morgan fingerprint density at radius 3 is 2.62 bits per heavy atom. The molecule has 1 atom stereocenters. The van der Waals surface area contributed by atoms with E-state index in [2.05, 4.69) is 22.0 Å². The molecule has 1 unspecified atom stereocenters. The van der Waals surface area contributed by atoms with E-state index in [9.17, 15) is 9.90 Å². The molecule has 1 amide bonds. The second kappa shape index (κ2) is 9.88. The van der Waals surface area contributed by atoms with Crippen molar-refractivity contribution in [2.45, 2.75) is 70.5 Å². The standard InChI is InChI=1S/C27H39N3O4/c1-3-29-14-16-30(17-15-29)13-7-12-28-26(32)25-19(2)23-21(33-25)8-9-22-24(23)20(31)18-27(34-22)10-5-4-6-11-27/h8-9,20,31H,3-7,10-18H2,1-2H3,(H,28,32). The molecule has 3 aliphatic rings. The Kier molecular flexibility index (Phi) is 6.87. The second-order valence-corrected chi connectivity index (χ2v) is 10.4. The average Bonchev–Trinajstić information content (AvgIpc) is 3.19. The third kappa shape index (κ3) is 4.58. The molecule has 3 heterocycles. The molecule has 2 fully saturated rings. The summed E-state index contributed by atoms with van der Waals surface area (Å²) in [6.07, 6.45) is 6.44. The zero-order chi connectivity index (χ0) is 23.7. The van der Waals surface area contributed by atoms with Crippen molar-refractivity contribution in [2.75, 3.05) is 45.8 Å². The number of likely N-dealkylation sites (N-methyl/N-ethyl adjacent to an activating group) is 1. The van der Waals surface area contributed by atoms with Gasteiger partial charge >= 0.3 is 0 Å². The maximum atomic E-state index is 12.9. The molecule has 1 saturated carbocycles. The van der Waals surface area contributed by atoms with Crippen LogP contribution in [0.3, 0.4) is 0 Å². The van der Waals surface area contributed by atoms with Crippen molar-refractivity contribution in [1.82, 2.24) is 15.1 Å². The second-order valence-electron chi connectivity index (χ2n) is 10.4. The first-order valence-electron chi connectivity index (χ1n) is 13.2. The van der Waals surface area contributed by atoms with Crippen LogP contribution in [0.4, 0.5) is 0 Å². The number of aryl methyl sites for hydroxylation is 1. The van der Waals surface area contributed by atoms with E-state index in [-0.39, 0.29) is 11.5 Å². The van der Waals surface area contributed by atoms with Crippen molar-refractivity contribution in [2.24, 2.45) is 0 Å². The van der Waals surface area contributed by atoms with E-state index in [1.165, 1.54) is 6.42 Å². The lowest BCUT2D eigenvalue weighted by Crippen LogP contribution is -2.46. The lowest BCUT2D eigenvalue weighted by molar-refractivity contribution is -0.0373. The number of rotatable bonds is 6. The smallest absolute Gasteiger partial charge is 0.287 e. The van der Waals surface area contributed by atoms with Gasteiger partial charge in [-0.1, -0.05) is 13.3 Å². The van der Waals surface area contributed by atoms with Crippen LogP contribution in [0.2, 0.25) is 0 Å². The first-order chi connectivity index (χ1) is 16.5. The number of ether oxygens (including phenoxy) is 1. The Bertz CT molecular complexity index is 1020. The minimum Gasteiger partial charge on any atom is -0.487 e. The number of piperazine rings is 1. The third-order valence-electron chi connectivity index (χ3n) is 8.14. The van der Waals surface area contributed by atoms with Crippen LogP contribution in [0.15, 0.2) is 16.5 Å². The summed E-state index contributed by atoms with van der Waals surface area (Å²) in [5, 5.41) is 15.0. The number of aliphatic hydroxyl groups excluding tert-OH is 1. The molecule has 1 saturated heterocycles. The fourth-order valence-corrected chi connectivity index (χ4v) is 6.13. The number of fused-ring (bicyclic) bond motifs is 3. The lowest BCUT2D eigenvalue weighted by Gasteiger charge is -2.43. The Morgan fingerprint density at radius 1 is 1.15 bits per heavy atom. The molecule has 1 aromatic heterocycles. The van der Waals surface area contributed by atoms with Crippen LogP contribution in [0.5, 0.6) is 5.75 Å². The monoisotopic (exact) mass is 469 g/mol. The highest BCUT2D eigenvalue weighted by Gasteiger charge is 2.42. The summed E-state index contributed by atoms with van der Waals surface area (Å²) in [5.74, 6) is 0.894. The number of amides is 1. The summed E-state index contributed by atoms with van der Waals surface area (Å²) in [5.41, 5.74) is 1.94. The molecule has 186 valence electrons. The van der Waals surface area contributed by atoms with Crippen LogP contribution in [0, 0.1) is 6.92 Å². The number of hydrogen-bond acceptors (Lipinski definition) is 6. The maximum Gasteiger partial charge on any atom is 0.287 e.